The zero-order valence-electron chi connectivity index (χ0n) is 37.5. The summed E-state index contributed by atoms with van der Waals surface area (Å²) >= 11 is 0. The van der Waals surface area contributed by atoms with Crippen molar-refractivity contribution in [3.63, 3.8) is 0 Å². The topological polar surface area (TPSA) is 78.9 Å². The Bertz CT molecular complexity index is 1300. The Morgan fingerprint density at radius 2 is 0.729 bits per heavy atom. The van der Waals surface area contributed by atoms with E-state index in [1.165, 1.54) is 25.7 Å². The lowest BCUT2D eigenvalue weighted by molar-refractivity contribution is -0.166. The van der Waals surface area contributed by atoms with Gasteiger partial charge in [0.1, 0.15) is 13.2 Å². The van der Waals surface area contributed by atoms with Gasteiger partial charge in [0.05, 0.1) is 6.42 Å². The summed E-state index contributed by atoms with van der Waals surface area (Å²) in [5.41, 5.74) is 0. The van der Waals surface area contributed by atoms with Gasteiger partial charge < -0.3 is 14.2 Å². The summed E-state index contributed by atoms with van der Waals surface area (Å²) in [7, 11) is 0. The summed E-state index contributed by atoms with van der Waals surface area (Å²) in [6, 6.07) is 0. The van der Waals surface area contributed by atoms with Crippen molar-refractivity contribution in [1.82, 2.24) is 0 Å². The zero-order chi connectivity index (χ0) is 43.0. The second-order valence-electron chi connectivity index (χ2n) is 14.6. The molecule has 0 aliphatic heterocycles. The van der Waals surface area contributed by atoms with Crippen molar-refractivity contribution < 1.29 is 28.6 Å². The molecule has 1 atom stereocenters. The van der Waals surface area contributed by atoms with Crippen molar-refractivity contribution in [2.45, 2.75) is 181 Å². The molecule has 0 saturated carbocycles. The number of hydrogen-bond acceptors (Lipinski definition) is 6. The summed E-state index contributed by atoms with van der Waals surface area (Å²) in [6.07, 6.45) is 63.5. The van der Waals surface area contributed by atoms with E-state index in [1.807, 2.05) is 6.08 Å². The maximum absolute atomic E-state index is 12.7. The van der Waals surface area contributed by atoms with Crippen LogP contribution in [0.25, 0.3) is 0 Å². The molecule has 0 aromatic rings. The van der Waals surface area contributed by atoms with Gasteiger partial charge in [-0.3, -0.25) is 14.4 Å². The third kappa shape index (κ3) is 44.8. The van der Waals surface area contributed by atoms with Crippen LogP contribution in [-0.4, -0.2) is 37.2 Å². The van der Waals surface area contributed by atoms with E-state index in [2.05, 4.69) is 130 Å². The Morgan fingerprint density at radius 3 is 1.24 bits per heavy atom. The first-order chi connectivity index (χ1) is 29.0. The quantitative estimate of drug-likeness (QED) is 0.0266. The lowest BCUT2D eigenvalue weighted by Crippen LogP contribution is -2.30. The molecule has 330 valence electrons. The van der Waals surface area contributed by atoms with Crippen LogP contribution in [0.5, 0.6) is 0 Å². The maximum Gasteiger partial charge on any atom is 0.309 e. The van der Waals surface area contributed by atoms with Gasteiger partial charge in [0.2, 0.25) is 0 Å². The number of rotatable bonds is 39. The molecule has 0 spiro atoms. The van der Waals surface area contributed by atoms with Gasteiger partial charge >= 0.3 is 17.9 Å². The number of hydrogen-bond donors (Lipinski definition) is 0. The first-order valence-electron chi connectivity index (χ1n) is 23.0. The van der Waals surface area contributed by atoms with Crippen LogP contribution in [0.3, 0.4) is 0 Å². The molecule has 0 aromatic carbocycles. The molecule has 59 heavy (non-hydrogen) atoms. The molecule has 0 rings (SSSR count). The Balaban J connectivity index is 4.63. The van der Waals surface area contributed by atoms with E-state index in [0.717, 1.165) is 103 Å². The number of carbonyl (C=O) groups is 3. The maximum atomic E-state index is 12.7. The molecular weight excluding hydrogens is 733 g/mol. The minimum atomic E-state index is -0.844. The van der Waals surface area contributed by atoms with Crippen LogP contribution in [0, 0.1) is 0 Å². The van der Waals surface area contributed by atoms with Crippen LogP contribution in [0.1, 0.15) is 175 Å². The van der Waals surface area contributed by atoms with Gasteiger partial charge in [-0.15, -0.1) is 0 Å². The summed E-state index contributed by atoms with van der Waals surface area (Å²) in [5, 5.41) is 0. The van der Waals surface area contributed by atoms with E-state index in [9.17, 15) is 14.4 Å². The van der Waals surface area contributed by atoms with Crippen LogP contribution in [-0.2, 0) is 28.6 Å². The minimum absolute atomic E-state index is 0.112. The molecule has 0 aromatic heterocycles. The first kappa shape index (κ1) is 54.8. The summed E-state index contributed by atoms with van der Waals surface area (Å²) in [5.74, 6) is -1.13. The Labute approximate surface area is 361 Å². The highest BCUT2D eigenvalue weighted by Gasteiger charge is 2.19. The molecule has 0 heterocycles. The van der Waals surface area contributed by atoms with E-state index in [0.29, 0.717) is 12.8 Å². The van der Waals surface area contributed by atoms with Gasteiger partial charge in [0, 0.05) is 12.8 Å². The summed E-state index contributed by atoms with van der Waals surface area (Å²) in [6.45, 7) is 6.20. The lowest BCUT2D eigenvalue weighted by Gasteiger charge is -2.18. The first-order valence-corrected chi connectivity index (χ1v) is 23.0. The molecule has 0 aliphatic rings. The minimum Gasteiger partial charge on any atom is -0.462 e. The van der Waals surface area contributed by atoms with Crippen molar-refractivity contribution in [2.75, 3.05) is 13.2 Å². The number of allylic oxidation sites excluding steroid dienone is 19. The summed E-state index contributed by atoms with van der Waals surface area (Å²) < 4.78 is 16.6. The third-order valence-electron chi connectivity index (χ3n) is 8.96. The van der Waals surface area contributed by atoms with Crippen LogP contribution in [0.2, 0.25) is 0 Å². The van der Waals surface area contributed by atoms with E-state index in [-0.39, 0.29) is 38.0 Å². The van der Waals surface area contributed by atoms with Gasteiger partial charge in [0.25, 0.3) is 0 Å². The fourth-order valence-corrected chi connectivity index (χ4v) is 5.54. The smallest absolute Gasteiger partial charge is 0.309 e. The normalized spacial score (nSPS) is 13.2. The van der Waals surface area contributed by atoms with E-state index >= 15 is 0 Å². The van der Waals surface area contributed by atoms with Crippen LogP contribution in [0.4, 0.5) is 0 Å². The molecule has 0 saturated heterocycles. The molecule has 6 nitrogen and oxygen atoms in total. The van der Waals surface area contributed by atoms with Gasteiger partial charge in [-0.25, -0.2) is 0 Å². The van der Waals surface area contributed by atoms with Gasteiger partial charge in [-0.05, 0) is 103 Å². The van der Waals surface area contributed by atoms with Gasteiger partial charge in [-0.2, -0.15) is 0 Å². The largest absolute Gasteiger partial charge is 0.462 e. The molecular formula is C53H82O6. The van der Waals surface area contributed by atoms with Crippen molar-refractivity contribution in [1.29, 1.82) is 0 Å². The Hall–Kier alpha value is -4.19. The average molecular weight is 815 g/mol. The fraction of sp³-hybridized carbons (Fsp3) is 0.566. The SMILES string of the molecule is CC/C=C\C/C=C\C/C=C\C/C=C\C/C=C\CC(=O)OCC(COC(=O)CCCCCCC/C=C\CCCC)OC(=O)CCCC/C=C\C/C=C\C/C=C\C/C=C\CC. The van der Waals surface area contributed by atoms with Crippen LogP contribution >= 0.6 is 0 Å². The monoisotopic (exact) mass is 815 g/mol. The van der Waals surface area contributed by atoms with E-state index in [4.69, 9.17) is 14.2 Å². The average Bonchev–Trinajstić information content (AvgIpc) is 3.23. The molecule has 0 aliphatic carbocycles. The standard InChI is InChI=1S/C53H82O6/c1-4-7-10-13-16-19-22-24-26-28-31-34-37-40-43-46-52(55)58-49-50(48-57-51(54)45-42-39-36-33-30-21-18-15-12-9-6-3)59-53(56)47-44-41-38-35-32-29-27-25-23-20-17-14-11-8-5-2/h7-8,10-11,15-20,24-27,31-32,34-35,40,43,50H,4-6,9,12-14,21-23,28-30,33,36-39,41-42,44-49H2,1-3H3/b10-7-,11-8-,18-15-,19-16-,20-17-,26-24-,27-25-,34-31-,35-32-,43-40-. The summed E-state index contributed by atoms with van der Waals surface area (Å²) in [4.78, 5) is 37.7. The molecule has 0 amide bonds. The molecule has 0 N–H and O–H groups in total. The third-order valence-corrected chi connectivity index (χ3v) is 8.96. The lowest BCUT2D eigenvalue weighted by atomic mass is 10.1. The molecule has 0 bridgehead atoms. The van der Waals surface area contributed by atoms with Gasteiger partial charge in [0.15, 0.2) is 6.10 Å². The highest BCUT2D eigenvalue weighted by molar-refractivity contribution is 5.72. The number of esters is 3. The van der Waals surface area contributed by atoms with Crippen molar-refractivity contribution >= 4 is 17.9 Å². The second-order valence-corrected chi connectivity index (χ2v) is 14.6. The van der Waals surface area contributed by atoms with Gasteiger partial charge in [-0.1, -0.05) is 174 Å². The predicted molar refractivity (Wildman–Crippen MR) is 251 cm³/mol. The molecule has 0 fully saturated rings. The number of unbranched alkanes of at least 4 members (excludes halogenated alkanes) is 9. The molecule has 1 unspecified atom stereocenters. The van der Waals surface area contributed by atoms with E-state index < -0.39 is 12.1 Å². The second kappa shape index (κ2) is 46.5. The van der Waals surface area contributed by atoms with Crippen molar-refractivity contribution in [3.8, 4) is 0 Å². The van der Waals surface area contributed by atoms with Crippen molar-refractivity contribution in [2.24, 2.45) is 0 Å². The zero-order valence-corrected chi connectivity index (χ0v) is 37.5. The van der Waals surface area contributed by atoms with Crippen molar-refractivity contribution in [3.05, 3.63) is 122 Å². The highest BCUT2D eigenvalue weighted by Crippen LogP contribution is 2.11. The predicted octanol–water partition coefficient (Wildman–Crippen LogP) is 15.0. The number of ether oxygens (including phenoxy) is 3. The van der Waals surface area contributed by atoms with Crippen LogP contribution < -0.4 is 0 Å². The van der Waals surface area contributed by atoms with E-state index in [1.54, 1.807) is 6.08 Å². The molecule has 0 radical (unpaired) electrons. The number of carbonyl (C=O) groups excluding carboxylic acids is 3. The fourth-order valence-electron chi connectivity index (χ4n) is 5.54. The molecule has 6 heteroatoms. The van der Waals surface area contributed by atoms with Crippen LogP contribution in [0.15, 0.2) is 122 Å². The Morgan fingerprint density at radius 1 is 0.373 bits per heavy atom. The Kier molecular flexibility index (Phi) is 43.2. The highest BCUT2D eigenvalue weighted by atomic mass is 16.6.